The number of unbranched alkanes of at least 4 members (excludes halogenated alkanes) is 2. The molecule has 16 heavy (non-hydrogen) atoms. The molecule has 1 aliphatic carbocycles. The fourth-order valence-corrected chi connectivity index (χ4v) is 2.80. The Morgan fingerprint density at radius 2 is 1.94 bits per heavy atom. The zero-order chi connectivity index (χ0) is 11.8. The summed E-state index contributed by atoms with van der Waals surface area (Å²) >= 11 is 0. The van der Waals surface area contributed by atoms with E-state index in [0.717, 1.165) is 24.5 Å². The first-order chi connectivity index (χ1) is 7.74. The van der Waals surface area contributed by atoms with Gasteiger partial charge >= 0.3 is 0 Å². The molecule has 0 radical (unpaired) electrons. The molecule has 1 N–H and O–H groups in total. The van der Waals surface area contributed by atoms with Gasteiger partial charge in [0.25, 0.3) is 0 Å². The molecule has 0 aromatic heterocycles. The summed E-state index contributed by atoms with van der Waals surface area (Å²) in [6, 6.07) is 0.777. The van der Waals surface area contributed by atoms with Crippen LogP contribution >= 0.6 is 0 Å². The van der Waals surface area contributed by atoms with Crippen LogP contribution in [0.2, 0.25) is 0 Å². The fourth-order valence-electron chi connectivity index (χ4n) is 2.80. The number of ether oxygens (including phenoxy) is 1. The molecule has 0 saturated heterocycles. The van der Waals surface area contributed by atoms with Crippen molar-refractivity contribution in [2.45, 2.75) is 58.4 Å². The summed E-state index contributed by atoms with van der Waals surface area (Å²) in [5.74, 6) is 1.80. The van der Waals surface area contributed by atoms with Crippen LogP contribution in [0, 0.1) is 11.8 Å². The summed E-state index contributed by atoms with van der Waals surface area (Å²) in [6.07, 6.45) is 7.98. The molecule has 0 amide bonds. The lowest BCUT2D eigenvalue weighted by molar-refractivity contribution is 0.191. The van der Waals surface area contributed by atoms with E-state index in [1.807, 2.05) is 0 Å². The Morgan fingerprint density at radius 3 is 2.62 bits per heavy atom. The molecule has 2 heteroatoms. The summed E-state index contributed by atoms with van der Waals surface area (Å²) in [7, 11) is 1.78. The topological polar surface area (TPSA) is 21.3 Å². The van der Waals surface area contributed by atoms with Gasteiger partial charge in [-0.3, -0.25) is 0 Å². The third-order valence-electron chi connectivity index (χ3n) is 3.86. The van der Waals surface area contributed by atoms with E-state index in [4.69, 9.17) is 4.74 Å². The second-order valence-electron chi connectivity index (χ2n) is 5.51. The van der Waals surface area contributed by atoms with E-state index in [0.29, 0.717) is 0 Å². The van der Waals surface area contributed by atoms with Gasteiger partial charge in [-0.2, -0.15) is 0 Å². The third kappa shape index (κ3) is 5.31. The molecule has 1 rings (SSSR count). The minimum Gasteiger partial charge on any atom is -0.385 e. The van der Waals surface area contributed by atoms with E-state index in [-0.39, 0.29) is 0 Å². The Morgan fingerprint density at radius 1 is 1.12 bits per heavy atom. The van der Waals surface area contributed by atoms with Crippen molar-refractivity contribution in [1.82, 2.24) is 5.32 Å². The van der Waals surface area contributed by atoms with Crippen LogP contribution in [0.25, 0.3) is 0 Å². The molecule has 0 spiro atoms. The van der Waals surface area contributed by atoms with E-state index in [1.54, 1.807) is 7.11 Å². The molecule has 1 fully saturated rings. The zero-order valence-electron chi connectivity index (χ0n) is 11.3. The predicted molar refractivity (Wildman–Crippen MR) is 69.7 cm³/mol. The van der Waals surface area contributed by atoms with E-state index in [9.17, 15) is 0 Å². The van der Waals surface area contributed by atoms with Gasteiger partial charge in [-0.25, -0.2) is 0 Å². The number of rotatable bonds is 7. The van der Waals surface area contributed by atoms with Gasteiger partial charge in [0, 0.05) is 19.8 Å². The fraction of sp³-hybridized carbons (Fsp3) is 1.00. The summed E-state index contributed by atoms with van der Waals surface area (Å²) in [5.41, 5.74) is 0. The quantitative estimate of drug-likeness (QED) is 0.674. The van der Waals surface area contributed by atoms with Crippen molar-refractivity contribution < 1.29 is 4.74 Å². The molecule has 2 nitrogen and oxygen atoms in total. The van der Waals surface area contributed by atoms with Crippen LogP contribution in [0.4, 0.5) is 0 Å². The van der Waals surface area contributed by atoms with Crippen LogP contribution in [-0.4, -0.2) is 26.3 Å². The first kappa shape index (κ1) is 14.0. The molecular formula is C14H29NO. The highest BCUT2D eigenvalue weighted by molar-refractivity contribution is 4.80. The lowest BCUT2D eigenvalue weighted by Crippen LogP contribution is -2.39. The summed E-state index contributed by atoms with van der Waals surface area (Å²) in [6.45, 7) is 6.89. The maximum absolute atomic E-state index is 5.05. The van der Waals surface area contributed by atoms with Gasteiger partial charge in [-0.05, 0) is 56.9 Å². The minimum atomic E-state index is 0.777. The van der Waals surface area contributed by atoms with Crippen molar-refractivity contribution >= 4 is 0 Å². The highest BCUT2D eigenvalue weighted by Crippen LogP contribution is 2.28. The van der Waals surface area contributed by atoms with E-state index >= 15 is 0 Å². The molecule has 0 heterocycles. The van der Waals surface area contributed by atoms with Gasteiger partial charge in [0.05, 0.1) is 0 Å². The Kier molecular flexibility index (Phi) is 7.06. The van der Waals surface area contributed by atoms with Crippen molar-refractivity contribution in [3.63, 3.8) is 0 Å². The highest BCUT2D eigenvalue weighted by atomic mass is 16.5. The van der Waals surface area contributed by atoms with Crippen LogP contribution in [0.5, 0.6) is 0 Å². The summed E-state index contributed by atoms with van der Waals surface area (Å²) in [5, 5.41) is 3.73. The van der Waals surface area contributed by atoms with Gasteiger partial charge in [0.1, 0.15) is 0 Å². The maximum Gasteiger partial charge on any atom is 0.0462 e. The van der Waals surface area contributed by atoms with Crippen LogP contribution in [0.3, 0.4) is 0 Å². The Bertz CT molecular complexity index is 172. The van der Waals surface area contributed by atoms with E-state index in [2.05, 4.69) is 19.2 Å². The van der Waals surface area contributed by atoms with Gasteiger partial charge in [0.2, 0.25) is 0 Å². The van der Waals surface area contributed by atoms with Crippen molar-refractivity contribution in [2.24, 2.45) is 11.8 Å². The summed E-state index contributed by atoms with van der Waals surface area (Å²) < 4.78 is 5.05. The summed E-state index contributed by atoms with van der Waals surface area (Å²) in [4.78, 5) is 0. The van der Waals surface area contributed by atoms with Crippen molar-refractivity contribution in [3.8, 4) is 0 Å². The highest BCUT2D eigenvalue weighted by Gasteiger charge is 2.24. The lowest BCUT2D eigenvalue weighted by atomic mass is 9.80. The van der Waals surface area contributed by atoms with Crippen molar-refractivity contribution in [1.29, 1.82) is 0 Å². The molecule has 1 aliphatic rings. The second-order valence-corrected chi connectivity index (χ2v) is 5.51. The van der Waals surface area contributed by atoms with Gasteiger partial charge in [-0.15, -0.1) is 0 Å². The number of hydrogen-bond acceptors (Lipinski definition) is 2. The van der Waals surface area contributed by atoms with Gasteiger partial charge in [-0.1, -0.05) is 13.8 Å². The first-order valence-electron chi connectivity index (χ1n) is 6.96. The van der Waals surface area contributed by atoms with Crippen molar-refractivity contribution in [2.75, 3.05) is 20.3 Å². The SMILES string of the molecule is COCCCCCNC1CCC(C)CC1C. The van der Waals surface area contributed by atoms with Crippen LogP contribution in [0.1, 0.15) is 52.4 Å². The molecule has 3 atom stereocenters. The predicted octanol–water partition coefficient (Wildman–Crippen LogP) is 3.22. The smallest absolute Gasteiger partial charge is 0.0462 e. The Labute approximate surface area is 101 Å². The average molecular weight is 227 g/mol. The standard InChI is InChI=1S/C14H29NO/c1-12-7-8-14(13(2)11-12)15-9-5-4-6-10-16-3/h12-15H,4-11H2,1-3H3. The molecular weight excluding hydrogens is 198 g/mol. The normalized spacial score (nSPS) is 30.6. The third-order valence-corrected chi connectivity index (χ3v) is 3.86. The average Bonchev–Trinajstić information content (AvgIpc) is 2.26. The first-order valence-corrected chi connectivity index (χ1v) is 6.96. The number of methoxy groups -OCH3 is 1. The number of nitrogens with one attached hydrogen (secondary N) is 1. The largest absolute Gasteiger partial charge is 0.385 e. The Hall–Kier alpha value is -0.0800. The van der Waals surface area contributed by atoms with Crippen LogP contribution in [-0.2, 0) is 4.74 Å². The Balaban J connectivity index is 2.00. The van der Waals surface area contributed by atoms with E-state index in [1.165, 1.54) is 45.1 Å². The molecule has 0 bridgehead atoms. The molecule has 0 aromatic rings. The lowest BCUT2D eigenvalue weighted by Gasteiger charge is -2.33. The van der Waals surface area contributed by atoms with Gasteiger partial charge in [0.15, 0.2) is 0 Å². The number of hydrogen-bond donors (Lipinski definition) is 1. The van der Waals surface area contributed by atoms with Gasteiger partial charge < -0.3 is 10.1 Å². The molecule has 0 aromatic carbocycles. The van der Waals surface area contributed by atoms with Crippen molar-refractivity contribution in [3.05, 3.63) is 0 Å². The molecule has 0 aliphatic heterocycles. The minimum absolute atomic E-state index is 0.777. The second kappa shape index (κ2) is 8.08. The molecule has 96 valence electrons. The zero-order valence-corrected chi connectivity index (χ0v) is 11.3. The van der Waals surface area contributed by atoms with Crippen LogP contribution < -0.4 is 5.32 Å². The monoisotopic (exact) mass is 227 g/mol. The van der Waals surface area contributed by atoms with Crippen LogP contribution in [0.15, 0.2) is 0 Å². The molecule has 1 saturated carbocycles. The van der Waals surface area contributed by atoms with E-state index < -0.39 is 0 Å². The maximum atomic E-state index is 5.05. The molecule has 3 unspecified atom stereocenters.